The third-order valence-corrected chi connectivity index (χ3v) is 4.06. The molecule has 126 valence electrons. The third-order valence-electron chi connectivity index (χ3n) is 3.57. The van der Waals surface area contributed by atoms with Crippen LogP contribution in [0.2, 0.25) is 0 Å². The molecule has 0 atom stereocenters. The fourth-order valence-corrected chi connectivity index (χ4v) is 2.98. The Bertz CT molecular complexity index is 739. The Balaban J connectivity index is 2.01. The van der Waals surface area contributed by atoms with E-state index >= 15 is 0 Å². The van der Waals surface area contributed by atoms with E-state index in [1.54, 1.807) is 4.90 Å². The van der Waals surface area contributed by atoms with E-state index in [-0.39, 0.29) is 18.2 Å². The van der Waals surface area contributed by atoms with Crippen molar-refractivity contribution in [2.45, 2.75) is 27.2 Å². The number of amides is 2. The lowest BCUT2D eigenvalue weighted by atomic mass is 10.1. The molecule has 24 heavy (non-hydrogen) atoms. The maximum absolute atomic E-state index is 12.2. The zero-order valence-corrected chi connectivity index (χ0v) is 15.7. The summed E-state index contributed by atoms with van der Waals surface area (Å²) in [6.45, 7) is 5.83. The summed E-state index contributed by atoms with van der Waals surface area (Å²) in [6.07, 6.45) is 0.235. The molecule has 0 aliphatic heterocycles. The Morgan fingerprint density at radius 2 is 1.75 bits per heavy atom. The maximum Gasteiger partial charge on any atom is 0.226 e. The largest absolute Gasteiger partial charge is 0.326 e. The van der Waals surface area contributed by atoms with Gasteiger partial charge in [-0.2, -0.15) is 0 Å². The molecule has 0 saturated carbocycles. The molecule has 0 aliphatic carbocycles. The molecule has 0 radical (unpaired) electrons. The summed E-state index contributed by atoms with van der Waals surface area (Å²) >= 11 is 3.40. The van der Waals surface area contributed by atoms with Gasteiger partial charge in [-0.25, -0.2) is 0 Å². The van der Waals surface area contributed by atoms with Crippen LogP contribution in [0.25, 0.3) is 0 Å². The SMILES string of the molecule is CC(=O)N(CCC(=O)Nc1cc(C)cc(C)c1)c1cccc(Br)c1. The van der Waals surface area contributed by atoms with Crippen LogP contribution in [-0.4, -0.2) is 18.4 Å². The van der Waals surface area contributed by atoms with E-state index in [4.69, 9.17) is 0 Å². The van der Waals surface area contributed by atoms with Gasteiger partial charge in [-0.3, -0.25) is 9.59 Å². The molecule has 0 bridgehead atoms. The summed E-state index contributed by atoms with van der Waals surface area (Å²) < 4.78 is 0.894. The predicted molar refractivity (Wildman–Crippen MR) is 101 cm³/mol. The highest BCUT2D eigenvalue weighted by Crippen LogP contribution is 2.20. The zero-order valence-electron chi connectivity index (χ0n) is 14.1. The van der Waals surface area contributed by atoms with E-state index in [0.29, 0.717) is 6.54 Å². The smallest absolute Gasteiger partial charge is 0.226 e. The molecule has 0 aliphatic rings. The molecule has 1 N–H and O–H groups in total. The van der Waals surface area contributed by atoms with Crippen LogP contribution in [0.1, 0.15) is 24.5 Å². The highest BCUT2D eigenvalue weighted by atomic mass is 79.9. The average molecular weight is 389 g/mol. The number of benzene rings is 2. The summed E-state index contributed by atoms with van der Waals surface area (Å²) in [5.41, 5.74) is 3.76. The number of nitrogens with zero attached hydrogens (tertiary/aromatic N) is 1. The Labute approximate surface area is 151 Å². The van der Waals surface area contributed by atoms with Gasteiger partial charge >= 0.3 is 0 Å². The molecule has 0 spiro atoms. The molecule has 0 saturated heterocycles. The Kier molecular flexibility index (Phi) is 6.15. The molecular weight excluding hydrogens is 368 g/mol. The Hall–Kier alpha value is -2.14. The molecule has 2 rings (SSSR count). The predicted octanol–water partition coefficient (Wildman–Crippen LogP) is 4.45. The van der Waals surface area contributed by atoms with Gasteiger partial charge in [-0.1, -0.05) is 28.1 Å². The fraction of sp³-hybridized carbons (Fsp3) is 0.263. The summed E-state index contributed by atoms with van der Waals surface area (Å²) in [5.74, 6) is -0.200. The molecular formula is C19H21BrN2O2. The quantitative estimate of drug-likeness (QED) is 0.822. The highest BCUT2D eigenvalue weighted by molar-refractivity contribution is 9.10. The maximum atomic E-state index is 12.2. The van der Waals surface area contributed by atoms with Crippen molar-refractivity contribution in [3.05, 3.63) is 58.1 Å². The van der Waals surface area contributed by atoms with Crippen molar-refractivity contribution in [2.75, 3.05) is 16.8 Å². The molecule has 2 aromatic rings. The van der Waals surface area contributed by atoms with Crippen molar-refractivity contribution in [3.8, 4) is 0 Å². The summed E-state index contributed by atoms with van der Waals surface area (Å²) in [5, 5.41) is 2.89. The molecule has 0 unspecified atom stereocenters. The Morgan fingerprint density at radius 1 is 1.08 bits per heavy atom. The number of nitrogens with one attached hydrogen (secondary N) is 1. The minimum Gasteiger partial charge on any atom is -0.326 e. The van der Waals surface area contributed by atoms with Crippen molar-refractivity contribution in [1.29, 1.82) is 0 Å². The standard InChI is InChI=1S/C19H21BrN2O2/c1-13-9-14(2)11-17(10-13)21-19(24)7-8-22(15(3)23)18-6-4-5-16(20)12-18/h4-6,9-12H,7-8H2,1-3H3,(H,21,24). The molecule has 2 aromatic carbocycles. The van der Waals surface area contributed by atoms with E-state index in [1.165, 1.54) is 6.92 Å². The number of rotatable bonds is 5. The van der Waals surface area contributed by atoms with Crippen LogP contribution in [-0.2, 0) is 9.59 Å². The van der Waals surface area contributed by atoms with E-state index in [0.717, 1.165) is 27.0 Å². The molecule has 0 fully saturated rings. The van der Waals surface area contributed by atoms with Gasteiger partial charge < -0.3 is 10.2 Å². The van der Waals surface area contributed by atoms with E-state index in [2.05, 4.69) is 27.3 Å². The first kappa shape index (κ1) is 18.2. The average Bonchev–Trinajstić information content (AvgIpc) is 2.46. The number of aryl methyl sites for hydroxylation is 2. The van der Waals surface area contributed by atoms with Crippen molar-refractivity contribution < 1.29 is 9.59 Å². The van der Waals surface area contributed by atoms with Gasteiger partial charge in [0.1, 0.15) is 0 Å². The van der Waals surface area contributed by atoms with Gasteiger partial charge in [0.2, 0.25) is 11.8 Å². The highest BCUT2D eigenvalue weighted by Gasteiger charge is 2.14. The van der Waals surface area contributed by atoms with Gasteiger partial charge in [-0.05, 0) is 55.3 Å². The van der Waals surface area contributed by atoms with Crippen molar-refractivity contribution in [2.24, 2.45) is 0 Å². The monoisotopic (exact) mass is 388 g/mol. The molecule has 5 heteroatoms. The van der Waals surface area contributed by atoms with Crippen LogP contribution >= 0.6 is 15.9 Å². The van der Waals surface area contributed by atoms with Crippen molar-refractivity contribution >= 4 is 39.1 Å². The van der Waals surface area contributed by atoms with Crippen molar-refractivity contribution in [1.82, 2.24) is 0 Å². The van der Waals surface area contributed by atoms with Crippen LogP contribution in [0.5, 0.6) is 0 Å². The Morgan fingerprint density at radius 3 is 2.33 bits per heavy atom. The van der Waals surface area contributed by atoms with Gasteiger partial charge in [0.05, 0.1) is 0 Å². The first-order valence-corrected chi connectivity index (χ1v) is 8.56. The number of hydrogen-bond donors (Lipinski definition) is 1. The van der Waals surface area contributed by atoms with Crippen LogP contribution in [0.3, 0.4) is 0 Å². The first-order valence-electron chi connectivity index (χ1n) is 7.77. The van der Waals surface area contributed by atoms with Gasteiger partial charge in [0.25, 0.3) is 0 Å². The van der Waals surface area contributed by atoms with Crippen molar-refractivity contribution in [3.63, 3.8) is 0 Å². The number of halogens is 1. The minimum atomic E-state index is -0.110. The lowest BCUT2D eigenvalue weighted by molar-refractivity contribution is -0.117. The number of carbonyl (C=O) groups excluding carboxylic acids is 2. The molecule has 0 heterocycles. The van der Waals surface area contributed by atoms with Crippen LogP contribution in [0.15, 0.2) is 46.9 Å². The van der Waals surface area contributed by atoms with E-state index in [9.17, 15) is 9.59 Å². The second kappa shape index (κ2) is 8.11. The second-order valence-corrected chi connectivity index (χ2v) is 6.74. The van der Waals surface area contributed by atoms with Crippen LogP contribution < -0.4 is 10.2 Å². The number of carbonyl (C=O) groups is 2. The van der Waals surface area contributed by atoms with Gasteiger partial charge in [0, 0.05) is 35.7 Å². The second-order valence-electron chi connectivity index (χ2n) is 5.83. The van der Waals surface area contributed by atoms with Gasteiger partial charge in [0.15, 0.2) is 0 Å². The molecule has 2 amide bonds. The van der Waals surface area contributed by atoms with Gasteiger partial charge in [-0.15, -0.1) is 0 Å². The molecule has 4 nitrogen and oxygen atoms in total. The number of hydrogen-bond acceptors (Lipinski definition) is 2. The summed E-state index contributed by atoms with van der Waals surface area (Å²) in [7, 11) is 0. The zero-order chi connectivity index (χ0) is 17.7. The van der Waals surface area contributed by atoms with E-state index < -0.39 is 0 Å². The summed E-state index contributed by atoms with van der Waals surface area (Å²) in [4.78, 5) is 25.7. The van der Waals surface area contributed by atoms with Crippen LogP contribution in [0.4, 0.5) is 11.4 Å². The lowest BCUT2D eigenvalue weighted by Gasteiger charge is -2.21. The molecule has 0 aromatic heterocycles. The topological polar surface area (TPSA) is 49.4 Å². The first-order chi connectivity index (χ1) is 11.3. The lowest BCUT2D eigenvalue weighted by Crippen LogP contribution is -2.31. The summed E-state index contributed by atoms with van der Waals surface area (Å²) in [6, 6.07) is 13.4. The van der Waals surface area contributed by atoms with E-state index in [1.807, 2.05) is 50.2 Å². The fourth-order valence-electron chi connectivity index (χ4n) is 2.60. The van der Waals surface area contributed by atoms with Crippen LogP contribution in [0, 0.1) is 13.8 Å². The third kappa shape index (κ3) is 5.20. The number of anilines is 2. The minimum absolute atomic E-state index is 0.0905. The normalized spacial score (nSPS) is 10.3.